The molecule has 0 spiro atoms. The van der Waals surface area contributed by atoms with Crippen molar-refractivity contribution in [1.82, 2.24) is 10.6 Å². The molecule has 6 nitrogen and oxygen atoms in total. The lowest BCUT2D eigenvalue weighted by Crippen LogP contribution is -2.37. The maximum atomic E-state index is 12.4. The number of ether oxygens (including phenoxy) is 3. The van der Waals surface area contributed by atoms with Crippen LogP contribution >= 0.6 is 24.0 Å². The van der Waals surface area contributed by atoms with Crippen molar-refractivity contribution in [1.29, 1.82) is 0 Å². The van der Waals surface area contributed by atoms with Gasteiger partial charge in [-0.25, -0.2) is 0 Å². The van der Waals surface area contributed by atoms with Gasteiger partial charge in [0.25, 0.3) is 0 Å². The number of para-hydroxylation sites is 1. The van der Waals surface area contributed by atoms with Crippen LogP contribution in [0.5, 0.6) is 5.75 Å². The van der Waals surface area contributed by atoms with Gasteiger partial charge in [0.1, 0.15) is 5.75 Å². The van der Waals surface area contributed by atoms with Crippen LogP contribution in [-0.4, -0.2) is 52.1 Å². The van der Waals surface area contributed by atoms with E-state index in [0.29, 0.717) is 37.8 Å². The summed E-state index contributed by atoms with van der Waals surface area (Å²) < 4.78 is 40.5. The molecule has 0 amide bonds. The number of alkyl halides is 2. The minimum Gasteiger partial charge on any atom is -0.434 e. The van der Waals surface area contributed by atoms with Crippen LogP contribution in [0.25, 0.3) is 0 Å². The molecule has 154 valence electrons. The first-order valence-electron chi connectivity index (χ1n) is 8.85. The highest BCUT2D eigenvalue weighted by Crippen LogP contribution is 2.19. The van der Waals surface area contributed by atoms with E-state index in [4.69, 9.17) is 9.47 Å². The number of benzene rings is 1. The Kier molecular flexibility index (Phi) is 12.3. The summed E-state index contributed by atoms with van der Waals surface area (Å²) in [5.41, 5.74) is 0.635. The van der Waals surface area contributed by atoms with Gasteiger partial charge >= 0.3 is 6.61 Å². The van der Waals surface area contributed by atoms with E-state index in [1.807, 2.05) is 0 Å². The molecular formula is C18H28F2IN3O3. The summed E-state index contributed by atoms with van der Waals surface area (Å²) in [6.45, 7) is 0.313. The monoisotopic (exact) mass is 499 g/mol. The molecule has 0 aromatic heterocycles. The molecule has 9 heteroatoms. The van der Waals surface area contributed by atoms with Crippen LogP contribution in [0.15, 0.2) is 29.3 Å². The van der Waals surface area contributed by atoms with E-state index in [-0.39, 0.29) is 35.8 Å². The number of halogens is 3. The van der Waals surface area contributed by atoms with Crippen LogP contribution in [0, 0.1) is 0 Å². The molecule has 1 aliphatic rings. The summed E-state index contributed by atoms with van der Waals surface area (Å²) in [7, 11) is 1.66. The Balaban J connectivity index is 0.00000364. The van der Waals surface area contributed by atoms with E-state index in [1.54, 1.807) is 25.2 Å². The molecule has 1 aromatic carbocycles. The van der Waals surface area contributed by atoms with Gasteiger partial charge in [-0.05, 0) is 25.3 Å². The van der Waals surface area contributed by atoms with Crippen molar-refractivity contribution < 1.29 is 23.0 Å². The Hall–Kier alpha value is -1.20. The fraction of sp³-hybridized carbons (Fsp3) is 0.611. The number of hydrogen-bond donors (Lipinski definition) is 2. The summed E-state index contributed by atoms with van der Waals surface area (Å²) in [4.78, 5) is 4.12. The third kappa shape index (κ3) is 9.52. The van der Waals surface area contributed by atoms with E-state index in [2.05, 4.69) is 20.4 Å². The predicted molar refractivity (Wildman–Crippen MR) is 111 cm³/mol. The summed E-state index contributed by atoms with van der Waals surface area (Å²) in [5, 5.41) is 6.26. The smallest absolute Gasteiger partial charge is 0.387 e. The number of nitrogens with one attached hydrogen (secondary N) is 2. The van der Waals surface area contributed by atoms with Gasteiger partial charge in [0.2, 0.25) is 0 Å². The molecule has 1 unspecified atom stereocenters. The first-order valence-corrected chi connectivity index (χ1v) is 8.85. The van der Waals surface area contributed by atoms with Gasteiger partial charge in [-0.1, -0.05) is 18.2 Å². The number of guanidine groups is 1. The second-order valence-corrected chi connectivity index (χ2v) is 5.90. The fourth-order valence-electron chi connectivity index (χ4n) is 2.63. The first-order chi connectivity index (χ1) is 12.7. The maximum Gasteiger partial charge on any atom is 0.387 e. The molecule has 1 heterocycles. The highest BCUT2D eigenvalue weighted by atomic mass is 127. The van der Waals surface area contributed by atoms with E-state index in [1.165, 1.54) is 6.07 Å². The van der Waals surface area contributed by atoms with Gasteiger partial charge < -0.3 is 24.8 Å². The van der Waals surface area contributed by atoms with Crippen LogP contribution in [0.4, 0.5) is 8.78 Å². The van der Waals surface area contributed by atoms with Crippen molar-refractivity contribution in [3.63, 3.8) is 0 Å². The quantitative estimate of drug-likeness (QED) is 0.224. The lowest BCUT2D eigenvalue weighted by atomic mass is 10.2. The highest BCUT2D eigenvalue weighted by molar-refractivity contribution is 14.0. The number of hydrogen-bond acceptors (Lipinski definition) is 4. The summed E-state index contributed by atoms with van der Waals surface area (Å²) >= 11 is 0. The van der Waals surface area contributed by atoms with Crippen LogP contribution < -0.4 is 15.4 Å². The Morgan fingerprint density at radius 1 is 1.33 bits per heavy atom. The van der Waals surface area contributed by atoms with Crippen molar-refractivity contribution >= 4 is 29.9 Å². The lowest BCUT2D eigenvalue weighted by Gasteiger charge is -2.15. The normalized spacial score (nSPS) is 16.9. The van der Waals surface area contributed by atoms with Crippen molar-refractivity contribution in [2.75, 3.05) is 33.4 Å². The van der Waals surface area contributed by atoms with Crippen molar-refractivity contribution in [2.45, 2.75) is 38.5 Å². The van der Waals surface area contributed by atoms with Gasteiger partial charge in [-0.3, -0.25) is 4.99 Å². The zero-order valence-corrected chi connectivity index (χ0v) is 17.8. The average molecular weight is 499 g/mol. The zero-order valence-electron chi connectivity index (χ0n) is 15.5. The molecule has 1 fully saturated rings. The molecule has 0 bridgehead atoms. The van der Waals surface area contributed by atoms with Crippen LogP contribution in [0.1, 0.15) is 24.8 Å². The molecule has 0 aliphatic carbocycles. The van der Waals surface area contributed by atoms with E-state index < -0.39 is 6.61 Å². The zero-order chi connectivity index (χ0) is 18.6. The Morgan fingerprint density at radius 2 is 2.15 bits per heavy atom. The second kappa shape index (κ2) is 13.9. The molecule has 0 saturated carbocycles. The fourth-order valence-corrected chi connectivity index (χ4v) is 2.63. The minimum atomic E-state index is -2.84. The third-order valence-corrected chi connectivity index (χ3v) is 3.94. The van der Waals surface area contributed by atoms with Crippen molar-refractivity contribution in [2.24, 2.45) is 4.99 Å². The van der Waals surface area contributed by atoms with E-state index >= 15 is 0 Å². The number of rotatable bonds is 10. The Labute approximate surface area is 176 Å². The molecule has 1 aromatic rings. The largest absolute Gasteiger partial charge is 0.434 e. The molecule has 27 heavy (non-hydrogen) atoms. The summed E-state index contributed by atoms with van der Waals surface area (Å²) in [6.07, 6.45) is 3.26. The minimum absolute atomic E-state index is 0. The highest BCUT2D eigenvalue weighted by Gasteiger charge is 2.15. The average Bonchev–Trinajstić information content (AvgIpc) is 3.14. The molecular weight excluding hydrogens is 471 g/mol. The predicted octanol–water partition coefficient (Wildman–Crippen LogP) is 3.16. The lowest BCUT2D eigenvalue weighted by molar-refractivity contribution is -0.0504. The van der Waals surface area contributed by atoms with E-state index in [9.17, 15) is 8.78 Å². The SMILES string of the molecule is CN=C(NCCCOCC1CCCO1)NCc1ccccc1OC(F)F.I. The summed E-state index contributed by atoms with van der Waals surface area (Å²) in [5.74, 6) is 0.754. The number of nitrogens with zero attached hydrogens (tertiary/aromatic N) is 1. The van der Waals surface area contributed by atoms with Gasteiger partial charge in [-0.15, -0.1) is 24.0 Å². The van der Waals surface area contributed by atoms with Gasteiger partial charge in [-0.2, -0.15) is 8.78 Å². The van der Waals surface area contributed by atoms with Crippen molar-refractivity contribution in [3.8, 4) is 5.75 Å². The van der Waals surface area contributed by atoms with Gasteiger partial charge in [0.15, 0.2) is 5.96 Å². The molecule has 2 rings (SSSR count). The molecule has 1 saturated heterocycles. The summed E-state index contributed by atoms with van der Waals surface area (Å²) in [6, 6.07) is 6.68. The Morgan fingerprint density at radius 3 is 2.85 bits per heavy atom. The molecule has 0 radical (unpaired) electrons. The van der Waals surface area contributed by atoms with Crippen LogP contribution in [0.3, 0.4) is 0 Å². The van der Waals surface area contributed by atoms with Gasteiger partial charge in [0.05, 0.1) is 12.7 Å². The van der Waals surface area contributed by atoms with Crippen LogP contribution in [-0.2, 0) is 16.0 Å². The van der Waals surface area contributed by atoms with Crippen LogP contribution in [0.2, 0.25) is 0 Å². The van der Waals surface area contributed by atoms with Gasteiger partial charge in [0, 0.05) is 38.9 Å². The maximum absolute atomic E-state index is 12.4. The topological polar surface area (TPSA) is 64.1 Å². The second-order valence-electron chi connectivity index (χ2n) is 5.90. The molecule has 1 atom stereocenters. The van der Waals surface area contributed by atoms with Crippen molar-refractivity contribution in [3.05, 3.63) is 29.8 Å². The molecule has 2 N–H and O–H groups in total. The standard InChI is InChI=1S/C18H27F2N3O3.HI/c1-21-18(22-9-5-10-24-13-15-7-4-11-25-15)23-12-14-6-2-3-8-16(14)26-17(19)20;/h2-3,6,8,15,17H,4-5,7,9-13H2,1H3,(H2,21,22,23);1H. The number of aliphatic imine (C=N–C) groups is 1. The molecule has 1 aliphatic heterocycles. The first kappa shape index (κ1) is 23.8. The van der Waals surface area contributed by atoms with E-state index in [0.717, 1.165) is 25.9 Å². The third-order valence-electron chi connectivity index (χ3n) is 3.94. The Bertz CT molecular complexity index is 558.